The number of benzene rings is 1. The number of halogens is 2. The molecule has 0 bridgehead atoms. The van der Waals surface area contributed by atoms with Crippen LogP contribution in [0.25, 0.3) is 17.0 Å². The van der Waals surface area contributed by atoms with E-state index in [9.17, 15) is 4.79 Å². The summed E-state index contributed by atoms with van der Waals surface area (Å²) in [5.41, 5.74) is 0.569. The highest BCUT2D eigenvalue weighted by atomic mass is 35.5. The van der Waals surface area contributed by atoms with Gasteiger partial charge in [-0.15, -0.1) is 0 Å². The summed E-state index contributed by atoms with van der Waals surface area (Å²) in [7, 11) is 0. The zero-order chi connectivity index (χ0) is 11.7. The van der Waals surface area contributed by atoms with E-state index in [-0.39, 0.29) is 0 Å². The van der Waals surface area contributed by atoms with E-state index in [2.05, 4.69) is 0 Å². The van der Waals surface area contributed by atoms with Crippen molar-refractivity contribution in [2.75, 3.05) is 0 Å². The third-order valence-corrected chi connectivity index (χ3v) is 2.62. The first-order chi connectivity index (χ1) is 7.58. The fourth-order valence-electron chi connectivity index (χ4n) is 1.31. The van der Waals surface area contributed by atoms with Crippen LogP contribution in [0.15, 0.2) is 28.7 Å². The van der Waals surface area contributed by atoms with Crippen LogP contribution in [0.5, 0.6) is 0 Å². The lowest BCUT2D eigenvalue weighted by Gasteiger charge is -1.88. The van der Waals surface area contributed by atoms with Crippen LogP contribution in [0.2, 0.25) is 10.0 Å². The molecule has 1 N–H and O–H groups in total. The SMILES string of the molecule is O=C(O)C=Cc1oc2ccc(Cl)cc2c1Cl. The van der Waals surface area contributed by atoms with Gasteiger partial charge in [0.1, 0.15) is 11.3 Å². The molecule has 1 heterocycles. The summed E-state index contributed by atoms with van der Waals surface area (Å²) in [4.78, 5) is 10.4. The van der Waals surface area contributed by atoms with Crippen LogP contribution in [0.4, 0.5) is 0 Å². The van der Waals surface area contributed by atoms with Crippen LogP contribution in [-0.4, -0.2) is 11.1 Å². The molecule has 1 aromatic heterocycles. The Labute approximate surface area is 101 Å². The van der Waals surface area contributed by atoms with Crippen molar-refractivity contribution >= 4 is 46.2 Å². The molecule has 0 atom stereocenters. The normalized spacial score (nSPS) is 11.4. The van der Waals surface area contributed by atoms with Gasteiger partial charge in [0, 0.05) is 16.5 Å². The predicted molar refractivity (Wildman–Crippen MR) is 62.9 cm³/mol. The molecule has 0 spiro atoms. The smallest absolute Gasteiger partial charge is 0.328 e. The number of carboxylic acid groups (broad SMARTS) is 1. The van der Waals surface area contributed by atoms with Gasteiger partial charge in [0.25, 0.3) is 0 Å². The highest BCUT2D eigenvalue weighted by molar-refractivity contribution is 6.38. The maximum Gasteiger partial charge on any atom is 0.328 e. The fourth-order valence-corrected chi connectivity index (χ4v) is 1.73. The first-order valence-electron chi connectivity index (χ1n) is 4.36. The minimum Gasteiger partial charge on any atom is -0.478 e. The van der Waals surface area contributed by atoms with Crippen molar-refractivity contribution in [1.82, 2.24) is 0 Å². The van der Waals surface area contributed by atoms with Crippen LogP contribution < -0.4 is 0 Å². The Morgan fingerprint density at radius 2 is 2.12 bits per heavy atom. The number of hydrogen-bond acceptors (Lipinski definition) is 2. The van der Waals surface area contributed by atoms with Gasteiger partial charge in [-0.25, -0.2) is 4.79 Å². The first kappa shape index (κ1) is 11.0. The van der Waals surface area contributed by atoms with Crippen LogP contribution >= 0.6 is 23.2 Å². The molecular weight excluding hydrogens is 251 g/mol. The lowest BCUT2D eigenvalue weighted by molar-refractivity contribution is -0.131. The highest BCUT2D eigenvalue weighted by Crippen LogP contribution is 2.32. The van der Waals surface area contributed by atoms with Crippen molar-refractivity contribution in [2.24, 2.45) is 0 Å². The molecule has 0 fully saturated rings. The van der Waals surface area contributed by atoms with Gasteiger partial charge < -0.3 is 9.52 Å². The molecule has 0 saturated carbocycles. The highest BCUT2D eigenvalue weighted by Gasteiger charge is 2.10. The summed E-state index contributed by atoms with van der Waals surface area (Å²) in [6.07, 6.45) is 2.27. The monoisotopic (exact) mass is 256 g/mol. The minimum atomic E-state index is -1.06. The number of carbonyl (C=O) groups is 1. The number of hydrogen-bond donors (Lipinski definition) is 1. The Kier molecular flexibility index (Phi) is 2.90. The van der Waals surface area contributed by atoms with Crippen molar-refractivity contribution in [1.29, 1.82) is 0 Å². The second-order valence-corrected chi connectivity index (χ2v) is 3.91. The van der Waals surface area contributed by atoms with Gasteiger partial charge in [-0.3, -0.25) is 0 Å². The molecule has 82 valence electrons. The van der Waals surface area contributed by atoms with Crippen LogP contribution in [0.1, 0.15) is 5.76 Å². The third kappa shape index (κ3) is 2.05. The predicted octanol–water partition coefficient (Wildman–Crippen LogP) is 3.84. The van der Waals surface area contributed by atoms with Gasteiger partial charge in [0.15, 0.2) is 0 Å². The molecule has 0 saturated heterocycles. The Balaban J connectivity index is 2.56. The maximum atomic E-state index is 10.4. The number of furan rings is 1. The molecule has 0 radical (unpaired) electrons. The summed E-state index contributed by atoms with van der Waals surface area (Å²) in [5.74, 6) is -0.754. The number of fused-ring (bicyclic) bond motifs is 1. The van der Waals surface area contributed by atoms with Gasteiger partial charge in [-0.2, -0.15) is 0 Å². The Bertz CT molecular complexity index is 584. The van der Waals surface area contributed by atoms with E-state index >= 15 is 0 Å². The largest absolute Gasteiger partial charge is 0.478 e. The quantitative estimate of drug-likeness (QED) is 0.831. The Morgan fingerprint density at radius 1 is 1.38 bits per heavy atom. The van der Waals surface area contributed by atoms with Crippen molar-refractivity contribution in [3.8, 4) is 0 Å². The number of carboxylic acids is 1. The summed E-state index contributed by atoms with van der Waals surface area (Å²) < 4.78 is 5.36. The molecule has 0 aliphatic heterocycles. The maximum absolute atomic E-state index is 10.4. The van der Waals surface area contributed by atoms with Crippen LogP contribution in [-0.2, 0) is 4.79 Å². The zero-order valence-electron chi connectivity index (χ0n) is 7.91. The molecule has 3 nitrogen and oxygen atoms in total. The zero-order valence-corrected chi connectivity index (χ0v) is 9.42. The van der Waals surface area contributed by atoms with Crippen molar-refractivity contribution in [3.63, 3.8) is 0 Å². The second-order valence-electron chi connectivity index (χ2n) is 3.09. The Hall–Kier alpha value is -1.45. The number of aliphatic carboxylic acids is 1. The summed E-state index contributed by atoms with van der Waals surface area (Å²) >= 11 is 11.8. The van der Waals surface area contributed by atoms with E-state index in [0.717, 1.165) is 6.08 Å². The topological polar surface area (TPSA) is 50.4 Å². The van der Waals surface area contributed by atoms with Gasteiger partial charge in [-0.05, 0) is 24.3 Å². The van der Waals surface area contributed by atoms with E-state index in [4.69, 9.17) is 32.7 Å². The van der Waals surface area contributed by atoms with Gasteiger partial charge >= 0.3 is 5.97 Å². The minimum absolute atomic E-state index is 0.307. The standard InChI is InChI=1S/C11H6Cl2O3/c12-6-1-2-8-7(5-6)11(13)9(16-8)3-4-10(14)15/h1-5H,(H,14,15). The molecule has 0 amide bonds. The van der Waals surface area contributed by atoms with E-state index < -0.39 is 5.97 Å². The average Bonchev–Trinajstić information content (AvgIpc) is 2.53. The molecule has 16 heavy (non-hydrogen) atoms. The fraction of sp³-hybridized carbons (Fsp3) is 0. The summed E-state index contributed by atoms with van der Waals surface area (Å²) in [6.45, 7) is 0. The number of rotatable bonds is 2. The van der Waals surface area contributed by atoms with Crippen LogP contribution in [0, 0.1) is 0 Å². The van der Waals surface area contributed by atoms with E-state index in [0.29, 0.717) is 26.8 Å². The second kappa shape index (κ2) is 4.20. The molecule has 0 unspecified atom stereocenters. The summed E-state index contributed by atoms with van der Waals surface area (Å²) in [5, 5.41) is 10.1. The molecule has 2 rings (SSSR count). The van der Waals surface area contributed by atoms with E-state index in [1.54, 1.807) is 18.2 Å². The first-order valence-corrected chi connectivity index (χ1v) is 5.12. The van der Waals surface area contributed by atoms with E-state index in [1.165, 1.54) is 6.08 Å². The Morgan fingerprint density at radius 3 is 2.81 bits per heavy atom. The molecule has 1 aromatic carbocycles. The molecule has 2 aromatic rings. The van der Waals surface area contributed by atoms with Gasteiger partial charge in [-0.1, -0.05) is 23.2 Å². The van der Waals surface area contributed by atoms with Crippen molar-refractivity contribution in [2.45, 2.75) is 0 Å². The molecule has 0 aliphatic rings. The summed E-state index contributed by atoms with van der Waals surface area (Å²) in [6, 6.07) is 5.02. The van der Waals surface area contributed by atoms with Gasteiger partial charge in [0.05, 0.1) is 5.02 Å². The lowest BCUT2D eigenvalue weighted by atomic mass is 10.2. The third-order valence-electron chi connectivity index (χ3n) is 1.99. The van der Waals surface area contributed by atoms with Crippen LogP contribution in [0.3, 0.4) is 0 Å². The molecule has 5 heteroatoms. The van der Waals surface area contributed by atoms with Gasteiger partial charge in [0.2, 0.25) is 0 Å². The van der Waals surface area contributed by atoms with Crippen molar-refractivity contribution < 1.29 is 14.3 Å². The van der Waals surface area contributed by atoms with E-state index in [1.807, 2.05) is 0 Å². The lowest BCUT2D eigenvalue weighted by Crippen LogP contribution is -1.84. The average molecular weight is 257 g/mol. The molecular formula is C11H6Cl2O3. The van der Waals surface area contributed by atoms with Crippen molar-refractivity contribution in [3.05, 3.63) is 40.1 Å². The molecule has 0 aliphatic carbocycles.